The fourth-order valence-electron chi connectivity index (χ4n) is 1.85. The smallest absolute Gasteiger partial charge is 0.284 e. The van der Waals surface area contributed by atoms with Crippen LogP contribution in [0.2, 0.25) is 0 Å². The van der Waals surface area contributed by atoms with Crippen LogP contribution in [0.15, 0.2) is 22.7 Å². The van der Waals surface area contributed by atoms with Crippen molar-refractivity contribution in [3.63, 3.8) is 0 Å². The van der Waals surface area contributed by atoms with Crippen molar-refractivity contribution in [2.45, 2.75) is 0 Å². The van der Waals surface area contributed by atoms with Crippen LogP contribution in [0.25, 0.3) is 0 Å². The van der Waals surface area contributed by atoms with Crippen LogP contribution in [0.4, 0.5) is 5.69 Å². The molecule has 1 aromatic carbocycles. The molecule has 1 saturated heterocycles. The molecule has 7 heteroatoms. The van der Waals surface area contributed by atoms with Crippen molar-refractivity contribution < 1.29 is 14.8 Å². The van der Waals surface area contributed by atoms with Crippen molar-refractivity contribution in [2.24, 2.45) is 5.92 Å². The largest absolute Gasteiger partial charge is 0.396 e. The minimum Gasteiger partial charge on any atom is -0.396 e. The molecular weight excluding hydrogens is 304 g/mol. The Morgan fingerprint density at radius 2 is 2.22 bits per heavy atom. The van der Waals surface area contributed by atoms with E-state index in [0.29, 0.717) is 13.1 Å². The molecule has 18 heavy (non-hydrogen) atoms. The van der Waals surface area contributed by atoms with E-state index in [4.69, 9.17) is 5.11 Å². The number of amides is 1. The van der Waals surface area contributed by atoms with Gasteiger partial charge < -0.3 is 10.0 Å². The summed E-state index contributed by atoms with van der Waals surface area (Å²) in [7, 11) is 0. The first-order valence-electron chi connectivity index (χ1n) is 5.37. The number of aliphatic hydroxyl groups is 1. The van der Waals surface area contributed by atoms with Crippen LogP contribution < -0.4 is 0 Å². The average Bonchev–Trinajstić information content (AvgIpc) is 2.27. The molecule has 0 atom stereocenters. The molecule has 0 radical (unpaired) electrons. The highest BCUT2D eigenvalue weighted by molar-refractivity contribution is 9.10. The van der Waals surface area contributed by atoms with E-state index in [-0.39, 0.29) is 34.2 Å². The molecule has 0 aromatic heterocycles. The molecule has 0 unspecified atom stereocenters. The second kappa shape index (κ2) is 5.03. The molecular formula is C11H11BrN2O4. The molecule has 6 nitrogen and oxygen atoms in total. The fourth-order valence-corrected chi connectivity index (χ4v) is 2.43. The summed E-state index contributed by atoms with van der Waals surface area (Å²) in [5, 5.41) is 19.7. The number of carbonyl (C=O) groups is 1. The van der Waals surface area contributed by atoms with Gasteiger partial charge in [-0.15, -0.1) is 0 Å². The Morgan fingerprint density at radius 1 is 1.56 bits per heavy atom. The first kappa shape index (κ1) is 13.0. The van der Waals surface area contributed by atoms with Gasteiger partial charge in [0.1, 0.15) is 4.47 Å². The fraction of sp³-hybridized carbons (Fsp3) is 0.364. The van der Waals surface area contributed by atoms with Crippen LogP contribution in [0, 0.1) is 16.0 Å². The minimum absolute atomic E-state index is 0.0554. The molecule has 0 aliphatic carbocycles. The topological polar surface area (TPSA) is 83.7 Å². The maximum Gasteiger partial charge on any atom is 0.284 e. The second-order valence-electron chi connectivity index (χ2n) is 4.15. The van der Waals surface area contributed by atoms with Crippen LogP contribution in [0.3, 0.4) is 0 Å². The standard InChI is InChI=1S/C11H11BrN2O4/c12-10-8(2-1-3-9(10)14(17)18)11(16)13-4-7(5-13)6-15/h1-3,7,15H,4-6H2. The quantitative estimate of drug-likeness (QED) is 0.675. The van der Waals surface area contributed by atoms with Crippen LogP contribution in [0.1, 0.15) is 10.4 Å². The van der Waals surface area contributed by atoms with Crippen molar-refractivity contribution in [3.8, 4) is 0 Å². The molecule has 1 fully saturated rings. The molecule has 0 spiro atoms. The van der Waals surface area contributed by atoms with Crippen molar-refractivity contribution in [1.82, 2.24) is 4.90 Å². The van der Waals surface area contributed by atoms with Gasteiger partial charge in [-0.05, 0) is 22.0 Å². The Kier molecular flexibility index (Phi) is 3.63. The number of likely N-dealkylation sites (tertiary alicyclic amines) is 1. The van der Waals surface area contributed by atoms with Gasteiger partial charge in [0, 0.05) is 31.7 Å². The third-order valence-corrected chi connectivity index (χ3v) is 3.74. The van der Waals surface area contributed by atoms with E-state index in [1.54, 1.807) is 11.0 Å². The molecule has 1 heterocycles. The zero-order valence-electron chi connectivity index (χ0n) is 9.38. The molecule has 1 aliphatic rings. The lowest BCUT2D eigenvalue weighted by atomic mass is 10.00. The van der Waals surface area contributed by atoms with Crippen molar-refractivity contribution >= 4 is 27.5 Å². The van der Waals surface area contributed by atoms with Gasteiger partial charge in [0.05, 0.1) is 10.5 Å². The van der Waals surface area contributed by atoms with Crippen LogP contribution in [-0.2, 0) is 0 Å². The van der Waals surface area contributed by atoms with Crippen LogP contribution in [-0.4, -0.2) is 40.5 Å². The van der Waals surface area contributed by atoms with Crippen LogP contribution in [0.5, 0.6) is 0 Å². The number of hydrogen-bond acceptors (Lipinski definition) is 4. The summed E-state index contributed by atoms with van der Waals surface area (Å²) in [4.78, 5) is 23.9. The first-order valence-corrected chi connectivity index (χ1v) is 6.17. The molecule has 0 bridgehead atoms. The van der Waals surface area contributed by atoms with E-state index < -0.39 is 4.92 Å². The van der Waals surface area contributed by atoms with Crippen molar-refractivity contribution in [1.29, 1.82) is 0 Å². The van der Waals surface area contributed by atoms with Gasteiger partial charge in [-0.25, -0.2) is 0 Å². The molecule has 1 amide bonds. The van der Waals surface area contributed by atoms with Crippen molar-refractivity contribution in [3.05, 3.63) is 38.3 Å². The summed E-state index contributed by atoms with van der Waals surface area (Å²) in [5.74, 6) is -0.137. The van der Waals surface area contributed by atoms with Gasteiger partial charge in [0.2, 0.25) is 0 Å². The Morgan fingerprint density at radius 3 is 2.78 bits per heavy atom. The van der Waals surface area contributed by atoms with Crippen molar-refractivity contribution in [2.75, 3.05) is 19.7 Å². The highest BCUT2D eigenvalue weighted by Gasteiger charge is 2.32. The highest BCUT2D eigenvalue weighted by Crippen LogP contribution is 2.30. The molecule has 1 aromatic rings. The highest BCUT2D eigenvalue weighted by atomic mass is 79.9. The summed E-state index contributed by atoms with van der Waals surface area (Å²) in [6, 6.07) is 4.37. The average molecular weight is 315 g/mol. The summed E-state index contributed by atoms with van der Waals surface area (Å²) < 4.78 is 0.201. The number of nitrogens with zero attached hydrogens (tertiary/aromatic N) is 2. The van der Waals surface area contributed by atoms with Gasteiger partial charge in [0.15, 0.2) is 0 Å². The van der Waals surface area contributed by atoms with Gasteiger partial charge in [-0.2, -0.15) is 0 Å². The Bertz CT molecular complexity index is 500. The number of carbonyl (C=O) groups excluding carboxylic acids is 1. The summed E-state index contributed by atoms with van der Waals surface area (Å²) >= 11 is 3.10. The maximum atomic E-state index is 12.1. The predicted molar refractivity (Wildman–Crippen MR) is 67.3 cm³/mol. The number of nitro groups is 1. The normalized spacial score (nSPS) is 15.3. The molecule has 0 saturated carbocycles. The lowest BCUT2D eigenvalue weighted by Gasteiger charge is -2.38. The Hall–Kier alpha value is -1.47. The van der Waals surface area contributed by atoms with Gasteiger partial charge in [-0.1, -0.05) is 6.07 Å². The number of halogens is 1. The molecule has 2 rings (SSSR count). The third-order valence-electron chi connectivity index (χ3n) is 2.91. The van der Waals surface area contributed by atoms with E-state index in [2.05, 4.69) is 15.9 Å². The van der Waals surface area contributed by atoms with Gasteiger partial charge in [-0.3, -0.25) is 14.9 Å². The molecule has 1 N–H and O–H groups in total. The van der Waals surface area contributed by atoms with E-state index in [9.17, 15) is 14.9 Å². The zero-order valence-corrected chi connectivity index (χ0v) is 11.0. The van der Waals surface area contributed by atoms with Gasteiger partial charge in [0.25, 0.3) is 11.6 Å². The minimum atomic E-state index is -0.534. The summed E-state index contributed by atoms with van der Waals surface area (Å²) in [6.45, 7) is 1.04. The molecule has 1 aliphatic heterocycles. The number of rotatable bonds is 3. The third kappa shape index (κ3) is 2.23. The van der Waals surface area contributed by atoms with E-state index in [1.165, 1.54) is 12.1 Å². The lowest BCUT2D eigenvalue weighted by molar-refractivity contribution is -0.385. The predicted octanol–water partition coefficient (Wildman–Crippen LogP) is 1.42. The van der Waals surface area contributed by atoms with E-state index in [0.717, 1.165) is 0 Å². The van der Waals surface area contributed by atoms with E-state index in [1.807, 2.05) is 0 Å². The monoisotopic (exact) mass is 314 g/mol. The first-order chi connectivity index (χ1) is 8.54. The summed E-state index contributed by atoms with van der Waals surface area (Å²) in [5.41, 5.74) is 0.153. The zero-order chi connectivity index (χ0) is 13.3. The molecule has 96 valence electrons. The van der Waals surface area contributed by atoms with Gasteiger partial charge >= 0.3 is 0 Å². The van der Waals surface area contributed by atoms with Crippen LogP contribution >= 0.6 is 15.9 Å². The maximum absolute atomic E-state index is 12.1. The number of nitro benzene ring substituents is 1. The Balaban J connectivity index is 2.21. The lowest BCUT2D eigenvalue weighted by Crippen LogP contribution is -2.51. The second-order valence-corrected chi connectivity index (χ2v) is 4.95. The van der Waals surface area contributed by atoms with E-state index >= 15 is 0 Å². The number of aliphatic hydroxyl groups excluding tert-OH is 1. The Labute approximate surface area is 111 Å². The number of hydrogen-bond donors (Lipinski definition) is 1. The SMILES string of the molecule is O=C(c1cccc([N+](=O)[O-])c1Br)N1CC(CO)C1. The number of benzene rings is 1. The summed E-state index contributed by atoms with van der Waals surface area (Å²) in [6.07, 6.45) is 0.